The van der Waals surface area contributed by atoms with Crippen LogP contribution >= 0.6 is 0 Å². The highest BCUT2D eigenvalue weighted by Gasteiger charge is 2.08. The van der Waals surface area contributed by atoms with E-state index in [-0.39, 0.29) is 18.5 Å². The molecule has 2 N–H and O–H groups in total. The van der Waals surface area contributed by atoms with Crippen molar-refractivity contribution in [3.05, 3.63) is 29.3 Å². The van der Waals surface area contributed by atoms with Crippen LogP contribution in [-0.4, -0.2) is 18.5 Å². The summed E-state index contributed by atoms with van der Waals surface area (Å²) in [5.41, 5.74) is 1.29. The SMILES string of the molecule is CCC(CC)NC(=O)CNc1ccc(C#N)c(C#N)c1. The molecule has 0 aliphatic rings. The molecule has 5 nitrogen and oxygen atoms in total. The fraction of sp³-hybridized carbons (Fsp3) is 0.400. The smallest absolute Gasteiger partial charge is 0.239 e. The van der Waals surface area contributed by atoms with Crippen molar-refractivity contribution < 1.29 is 4.79 Å². The summed E-state index contributed by atoms with van der Waals surface area (Å²) in [4.78, 5) is 11.7. The summed E-state index contributed by atoms with van der Waals surface area (Å²) in [6.07, 6.45) is 1.80. The molecule has 0 heterocycles. The third kappa shape index (κ3) is 4.29. The molecule has 0 bridgehead atoms. The monoisotopic (exact) mass is 270 g/mol. The second-order valence-electron chi connectivity index (χ2n) is 4.42. The molecule has 0 spiro atoms. The molecular formula is C15H18N4O. The van der Waals surface area contributed by atoms with Gasteiger partial charge in [-0.2, -0.15) is 10.5 Å². The summed E-state index contributed by atoms with van der Waals surface area (Å²) in [7, 11) is 0. The molecule has 1 aromatic carbocycles. The van der Waals surface area contributed by atoms with Gasteiger partial charge in [0, 0.05) is 11.7 Å². The van der Waals surface area contributed by atoms with Crippen molar-refractivity contribution in [3.63, 3.8) is 0 Å². The lowest BCUT2D eigenvalue weighted by molar-refractivity contribution is -0.120. The van der Waals surface area contributed by atoms with E-state index in [1.165, 1.54) is 0 Å². The van der Waals surface area contributed by atoms with Crippen molar-refractivity contribution >= 4 is 11.6 Å². The quantitative estimate of drug-likeness (QED) is 0.828. The van der Waals surface area contributed by atoms with E-state index in [1.54, 1.807) is 18.2 Å². The van der Waals surface area contributed by atoms with Crippen LogP contribution in [0.1, 0.15) is 37.8 Å². The molecule has 1 rings (SSSR count). The van der Waals surface area contributed by atoms with Gasteiger partial charge < -0.3 is 10.6 Å². The first-order valence-corrected chi connectivity index (χ1v) is 6.62. The van der Waals surface area contributed by atoms with Gasteiger partial charge in [0.25, 0.3) is 0 Å². The van der Waals surface area contributed by atoms with Gasteiger partial charge in [-0.1, -0.05) is 13.8 Å². The Morgan fingerprint density at radius 1 is 1.20 bits per heavy atom. The number of carbonyl (C=O) groups is 1. The summed E-state index contributed by atoms with van der Waals surface area (Å²) < 4.78 is 0. The fourth-order valence-electron chi connectivity index (χ4n) is 1.80. The van der Waals surface area contributed by atoms with Crippen LogP contribution < -0.4 is 10.6 Å². The molecule has 0 saturated carbocycles. The molecule has 1 amide bonds. The lowest BCUT2D eigenvalue weighted by Crippen LogP contribution is -2.37. The molecule has 0 aliphatic heterocycles. The predicted molar refractivity (Wildman–Crippen MR) is 76.9 cm³/mol. The van der Waals surface area contributed by atoms with E-state index in [0.29, 0.717) is 16.8 Å². The topological polar surface area (TPSA) is 88.7 Å². The number of amides is 1. The third-order valence-electron chi connectivity index (χ3n) is 3.06. The first-order valence-electron chi connectivity index (χ1n) is 6.62. The summed E-state index contributed by atoms with van der Waals surface area (Å²) in [5.74, 6) is -0.0819. The second kappa shape index (κ2) is 7.81. The molecule has 0 aromatic heterocycles. The van der Waals surface area contributed by atoms with E-state index in [1.807, 2.05) is 26.0 Å². The molecular weight excluding hydrogens is 252 g/mol. The maximum Gasteiger partial charge on any atom is 0.239 e. The minimum absolute atomic E-state index is 0.0819. The Kier molecular flexibility index (Phi) is 6.06. The van der Waals surface area contributed by atoms with Crippen LogP contribution in [0.3, 0.4) is 0 Å². The third-order valence-corrected chi connectivity index (χ3v) is 3.06. The first-order chi connectivity index (χ1) is 9.64. The molecule has 0 saturated heterocycles. The van der Waals surface area contributed by atoms with Crippen LogP contribution in [0.15, 0.2) is 18.2 Å². The zero-order valence-corrected chi connectivity index (χ0v) is 11.7. The van der Waals surface area contributed by atoms with Crippen LogP contribution in [-0.2, 0) is 4.79 Å². The number of hydrogen-bond donors (Lipinski definition) is 2. The highest BCUT2D eigenvalue weighted by atomic mass is 16.1. The van der Waals surface area contributed by atoms with Crippen LogP contribution in [0.2, 0.25) is 0 Å². The van der Waals surface area contributed by atoms with Crippen LogP contribution in [0.4, 0.5) is 5.69 Å². The van der Waals surface area contributed by atoms with Crippen molar-refractivity contribution in [2.45, 2.75) is 32.7 Å². The van der Waals surface area contributed by atoms with E-state index in [0.717, 1.165) is 12.8 Å². The van der Waals surface area contributed by atoms with E-state index in [2.05, 4.69) is 10.6 Å². The lowest BCUT2D eigenvalue weighted by Gasteiger charge is -2.15. The number of carbonyl (C=O) groups excluding carboxylic acids is 1. The minimum Gasteiger partial charge on any atom is -0.376 e. The highest BCUT2D eigenvalue weighted by Crippen LogP contribution is 2.14. The van der Waals surface area contributed by atoms with Gasteiger partial charge in [-0.05, 0) is 31.0 Å². The number of nitrogens with zero attached hydrogens (tertiary/aromatic N) is 2. The van der Waals surface area contributed by atoms with E-state index >= 15 is 0 Å². The number of rotatable bonds is 6. The zero-order chi connectivity index (χ0) is 15.0. The molecule has 1 aromatic rings. The predicted octanol–water partition coefficient (Wildman–Crippen LogP) is 2.15. The Bertz CT molecular complexity index is 550. The normalized spacial score (nSPS) is 9.65. The highest BCUT2D eigenvalue weighted by molar-refractivity contribution is 5.81. The summed E-state index contributed by atoms with van der Waals surface area (Å²) in [6, 6.07) is 8.93. The maximum absolute atomic E-state index is 11.7. The van der Waals surface area contributed by atoms with Gasteiger partial charge in [0.1, 0.15) is 12.1 Å². The standard InChI is InChI=1S/C15H18N4O/c1-3-13(4-2)19-15(20)10-18-14-6-5-11(8-16)12(7-14)9-17/h5-7,13,18H,3-4,10H2,1-2H3,(H,19,20). The largest absolute Gasteiger partial charge is 0.376 e. The average molecular weight is 270 g/mol. The minimum atomic E-state index is -0.0819. The van der Waals surface area contributed by atoms with E-state index in [4.69, 9.17) is 10.5 Å². The van der Waals surface area contributed by atoms with Crippen LogP contribution in [0.25, 0.3) is 0 Å². The summed E-state index contributed by atoms with van der Waals surface area (Å²) in [6.45, 7) is 4.20. The van der Waals surface area contributed by atoms with Gasteiger partial charge >= 0.3 is 0 Å². The van der Waals surface area contributed by atoms with Crippen molar-refractivity contribution in [1.82, 2.24) is 5.32 Å². The Balaban J connectivity index is 2.61. The van der Waals surface area contributed by atoms with E-state index in [9.17, 15) is 4.79 Å². The maximum atomic E-state index is 11.7. The number of anilines is 1. The van der Waals surface area contributed by atoms with Gasteiger partial charge in [0.05, 0.1) is 17.7 Å². The lowest BCUT2D eigenvalue weighted by atomic mass is 10.1. The average Bonchev–Trinajstić information content (AvgIpc) is 2.50. The van der Waals surface area contributed by atoms with E-state index < -0.39 is 0 Å². The van der Waals surface area contributed by atoms with Crippen molar-refractivity contribution in [1.29, 1.82) is 10.5 Å². The van der Waals surface area contributed by atoms with Gasteiger partial charge in [0.15, 0.2) is 0 Å². The summed E-state index contributed by atoms with van der Waals surface area (Å²) >= 11 is 0. The Morgan fingerprint density at radius 3 is 2.40 bits per heavy atom. The molecule has 0 unspecified atom stereocenters. The Labute approximate surface area is 119 Å². The number of benzene rings is 1. The molecule has 0 radical (unpaired) electrons. The molecule has 104 valence electrons. The van der Waals surface area contributed by atoms with Gasteiger partial charge in [0.2, 0.25) is 5.91 Å². The van der Waals surface area contributed by atoms with Crippen LogP contribution in [0.5, 0.6) is 0 Å². The zero-order valence-electron chi connectivity index (χ0n) is 11.7. The van der Waals surface area contributed by atoms with Gasteiger partial charge in [-0.3, -0.25) is 4.79 Å². The van der Waals surface area contributed by atoms with Crippen LogP contribution in [0, 0.1) is 22.7 Å². The number of hydrogen-bond acceptors (Lipinski definition) is 4. The second-order valence-corrected chi connectivity index (χ2v) is 4.42. The van der Waals surface area contributed by atoms with Crippen molar-refractivity contribution in [2.24, 2.45) is 0 Å². The van der Waals surface area contributed by atoms with Crippen molar-refractivity contribution in [2.75, 3.05) is 11.9 Å². The number of nitriles is 2. The molecule has 0 atom stereocenters. The van der Waals surface area contributed by atoms with Gasteiger partial charge in [-0.15, -0.1) is 0 Å². The van der Waals surface area contributed by atoms with Crippen molar-refractivity contribution in [3.8, 4) is 12.1 Å². The van der Waals surface area contributed by atoms with Gasteiger partial charge in [-0.25, -0.2) is 0 Å². The molecule has 0 fully saturated rings. The molecule has 20 heavy (non-hydrogen) atoms. The first kappa shape index (κ1) is 15.5. The fourth-order valence-corrected chi connectivity index (χ4v) is 1.80. The Morgan fingerprint density at radius 2 is 1.85 bits per heavy atom. The Hall–Kier alpha value is -2.53. The summed E-state index contributed by atoms with van der Waals surface area (Å²) in [5, 5.41) is 23.6. The molecule has 0 aliphatic carbocycles. The molecule has 5 heteroatoms. The number of nitrogens with one attached hydrogen (secondary N) is 2.